The topological polar surface area (TPSA) is 99.0 Å². The molecule has 0 N–H and O–H groups in total. The van der Waals surface area contributed by atoms with Crippen molar-refractivity contribution in [1.82, 2.24) is 4.90 Å². The summed E-state index contributed by atoms with van der Waals surface area (Å²) in [5, 5.41) is 10.8. The Labute approximate surface area is 189 Å². The molecule has 8 nitrogen and oxygen atoms in total. The smallest absolute Gasteiger partial charge is 0.355 e. The zero-order valence-electron chi connectivity index (χ0n) is 19.7. The van der Waals surface area contributed by atoms with E-state index >= 15 is 0 Å². The molecule has 0 radical (unpaired) electrons. The van der Waals surface area contributed by atoms with Gasteiger partial charge in [0.1, 0.15) is 12.3 Å². The second kappa shape index (κ2) is 8.44. The lowest BCUT2D eigenvalue weighted by atomic mass is 9.79. The molecule has 0 spiro atoms. The van der Waals surface area contributed by atoms with Gasteiger partial charge in [0.25, 0.3) is 5.69 Å². The first-order valence-corrected chi connectivity index (χ1v) is 13.8. The molecule has 9 heteroatoms. The van der Waals surface area contributed by atoms with Crippen molar-refractivity contribution in [3.8, 4) is 0 Å². The first kappa shape index (κ1) is 24.1. The van der Waals surface area contributed by atoms with E-state index in [9.17, 15) is 19.7 Å². The van der Waals surface area contributed by atoms with Gasteiger partial charge in [-0.25, -0.2) is 4.79 Å². The molecule has 0 aromatic heterocycles. The highest BCUT2D eigenvalue weighted by molar-refractivity contribution is 6.74. The Hall–Kier alpha value is -2.52. The van der Waals surface area contributed by atoms with Crippen LogP contribution in [-0.4, -0.2) is 42.2 Å². The number of nitro benzene ring substituents is 1. The molecule has 1 aromatic carbocycles. The summed E-state index contributed by atoms with van der Waals surface area (Å²) in [6, 6.07) is 5.71. The predicted octanol–water partition coefficient (Wildman–Crippen LogP) is 4.41. The number of ether oxygens (including phenoxy) is 1. The van der Waals surface area contributed by atoms with Gasteiger partial charge in [0.05, 0.1) is 23.0 Å². The summed E-state index contributed by atoms with van der Waals surface area (Å²) in [6.45, 7) is 14.8. The number of hydrogen-bond acceptors (Lipinski definition) is 6. The quantitative estimate of drug-likeness (QED) is 0.196. The van der Waals surface area contributed by atoms with Gasteiger partial charge in [-0.05, 0) is 54.7 Å². The van der Waals surface area contributed by atoms with Crippen molar-refractivity contribution in [3.63, 3.8) is 0 Å². The van der Waals surface area contributed by atoms with E-state index in [1.165, 1.54) is 12.1 Å². The maximum atomic E-state index is 13.0. The van der Waals surface area contributed by atoms with Crippen LogP contribution in [0.5, 0.6) is 0 Å². The van der Waals surface area contributed by atoms with E-state index in [0.29, 0.717) is 5.56 Å². The van der Waals surface area contributed by atoms with Crippen LogP contribution in [0.2, 0.25) is 18.1 Å². The second-order valence-electron chi connectivity index (χ2n) is 10.2. The molecule has 0 unspecified atom stereocenters. The molecule has 1 amide bonds. The molecule has 1 saturated heterocycles. The van der Waals surface area contributed by atoms with Crippen molar-refractivity contribution in [1.29, 1.82) is 0 Å². The van der Waals surface area contributed by atoms with Crippen LogP contribution in [0.25, 0.3) is 0 Å². The summed E-state index contributed by atoms with van der Waals surface area (Å²) in [6.07, 6.45) is 1.57. The number of β-lactam (4-membered cyclic amide) rings is 1. The number of carbonyl (C=O) groups excluding carboxylic acids is 2. The largest absolute Gasteiger partial charge is 0.456 e. The van der Waals surface area contributed by atoms with E-state index < -0.39 is 19.2 Å². The third-order valence-corrected chi connectivity index (χ3v) is 11.5. The van der Waals surface area contributed by atoms with Crippen molar-refractivity contribution in [2.75, 3.05) is 0 Å². The molecule has 32 heavy (non-hydrogen) atoms. The number of amides is 1. The lowest BCUT2D eigenvalue weighted by Gasteiger charge is -2.50. The summed E-state index contributed by atoms with van der Waals surface area (Å²) < 4.78 is 11.9. The summed E-state index contributed by atoms with van der Waals surface area (Å²) >= 11 is 0. The normalized spacial score (nSPS) is 23.8. The first-order chi connectivity index (χ1) is 14.7. The van der Waals surface area contributed by atoms with Gasteiger partial charge in [-0.15, -0.1) is 0 Å². The highest BCUT2D eigenvalue weighted by Crippen LogP contribution is 2.46. The molecular weight excluding hydrogens is 428 g/mol. The summed E-state index contributed by atoms with van der Waals surface area (Å²) in [7, 11) is -2.03. The summed E-state index contributed by atoms with van der Waals surface area (Å²) in [5.74, 6) is -0.938. The number of nitro groups is 1. The van der Waals surface area contributed by atoms with Crippen molar-refractivity contribution in [3.05, 3.63) is 51.7 Å². The van der Waals surface area contributed by atoms with Crippen LogP contribution < -0.4 is 0 Å². The van der Waals surface area contributed by atoms with Crippen LogP contribution in [0.3, 0.4) is 0 Å². The molecular formula is C23H32N2O6Si. The molecule has 0 aliphatic carbocycles. The third-order valence-electron chi connectivity index (χ3n) is 6.93. The van der Waals surface area contributed by atoms with Crippen LogP contribution in [-0.2, 0) is 25.4 Å². The van der Waals surface area contributed by atoms with Gasteiger partial charge < -0.3 is 14.1 Å². The van der Waals surface area contributed by atoms with Crippen LogP contribution >= 0.6 is 0 Å². The Bertz CT molecular complexity index is 950. The fourth-order valence-corrected chi connectivity index (χ4v) is 5.53. The second-order valence-corrected chi connectivity index (χ2v) is 15.0. The van der Waals surface area contributed by atoms with E-state index in [-0.39, 0.29) is 52.9 Å². The Morgan fingerprint density at radius 3 is 2.38 bits per heavy atom. The molecule has 0 bridgehead atoms. The number of fused-ring (bicyclic) bond motifs is 1. The van der Waals surface area contributed by atoms with E-state index in [4.69, 9.17) is 9.16 Å². The van der Waals surface area contributed by atoms with Gasteiger partial charge in [-0.3, -0.25) is 14.9 Å². The minimum Gasteiger partial charge on any atom is -0.456 e. The minimum atomic E-state index is -2.03. The molecule has 1 aromatic rings. The van der Waals surface area contributed by atoms with Crippen LogP contribution in [0, 0.1) is 22.0 Å². The van der Waals surface area contributed by atoms with Crippen molar-refractivity contribution < 1.29 is 23.7 Å². The van der Waals surface area contributed by atoms with E-state index in [1.807, 2.05) is 13.8 Å². The molecule has 3 rings (SSSR count). The van der Waals surface area contributed by atoms with Gasteiger partial charge in [-0.2, -0.15) is 0 Å². The Morgan fingerprint density at radius 2 is 1.84 bits per heavy atom. The number of rotatable bonds is 7. The van der Waals surface area contributed by atoms with Crippen LogP contribution in [0.4, 0.5) is 5.69 Å². The maximum absolute atomic E-state index is 13.0. The van der Waals surface area contributed by atoms with Crippen molar-refractivity contribution in [2.24, 2.45) is 11.8 Å². The zero-order valence-corrected chi connectivity index (χ0v) is 20.7. The molecule has 174 valence electrons. The molecule has 2 heterocycles. The van der Waals surface area contributed by atoms with Gasteiger partial charge in [0.15, 0.2) is 8.32 Å². The number of hydrogen-bond donors (Lipinski definition) is 0. The van der Waals surface area contributed by atoms with E-state index in [2.05, 4.69) is 33.9 Å². The lowest BCUT2D eigenvalue weighted by Crippen LogP contribution is -2.65. The number of nitrogens with zero attached hydrogens (tertiary/aromatic N) is 2. The van der Waals surface area contributed by atoms with Gasteiger partial charge in [-0.1, -0.05) is 27.7 Å². The maximum Gasteiger partial charge on any atom is 0.355 e. The van der Waals surface area contributed by atoms with Crippen LogP contribution in [0.15, 0.2) is 36.0 Å². The SMILES string of the molecule is C[C@H]1C=C(C(=O)OCc2ccc([N+](=O)[O-])cc2)N2C(=O)[C@H]([C@@H](C)O[Si](C)(C)C(C)(C)C)[C@@H]12. The number of esters is 1. The first-order valence-electron chi connectivity index (χ1n) is 10.9. The van der Waals surface area contributed by atoms with E-state index in [1.54, 1.807) is 23.1 Å². The summed E-state index contributed by atoms with van der Waals surface area (Å²) in [4.78, 5) is 37.5. The monoisotopic (exact) mass is 460 g/mol. The highest BCUT2D eigenvalue weighted by Gasteiger charge is 2.58. The van der Waals surface area contributed by atoms with Crippen LogP contribution in [0.1, 0.15) is 40.2 Å². The number of carbonyl (C=O) groups is 2. The molecule has 2 aliphatic rings. The fraction of sp³-hybridized carbons (Fsp3) is 0.565. The zero-order chi connectivity index (χ0) is 24.0. The molecule has 4 atom stereocenters. The number of benzene rings is 1. The van der Waals surface area contributed by atoms with Crippen molar-refractivity contribution in [2.45, 2.75) is 71.5 Å². The lowest BCUT2D eigenvalue weighted by molar-refractivity contribution is -0.384. The molecule has 0 saturated carbocycles. The average Bonchev–Trinajstić information content (AvgIpc) is 2.97. The summed E-state index contributed by atoms with van der Waals surface area (Å²) in [5.41, 5.74) is 0.878. The third kappa shape index (κ3) is 4.36. The Balaban J connectivity index is 1.63. The van der Waals surface area contributed by atoms with Crippen molar-refractivity contribution >= 4 is 25.9 Å². The number of non-ortho nitro benzene ring substituents is 1. The Morgan fingerprint density at radius 1 is 1.25 bits per heavy atom. The van der Waals surface area contributed by atoms with Gasteiger partial charge >= 0.3 is 5.97 Å². The van der Waals surface area contributed by atoms with Gasteiger partial charge in [0, 0.05) is 12.1 Å². The van der Waals surface area contributed by atoms with Gasteiger partial charge in [0.2, 0.25) is 5.91 Å². The molecule has 2 aliphatic heterocycles. The highest BCUT2D eigenvalue weighted by atomic mass is 28.4. The predicted molar refractivity (Wildman–Crippen MR) is 122 cm³/mol. The van der Waals surface area contributed by atoms with E-state index in [0.717, 1.165) is 0 Å². The minimum absolute atomic E-state index is 0.0186. The Kier molecular flexibility index (Phi) is 6.36. The fourth-order valence-electron chi connectivity index (χ4n) is 4.10. The molecule has 1 fully saturated rings. The standard InChI is InChI=1S/C23H32N2O6Si/c1-14-12-18(22(27)30-13-16-8-10-17(11-9-16)25(28)29)24-20(14)19(21(24)26)15(2)31-32(6,7)23(3,4)5/h8-12,14-15,19-20H,13H2,1-7H3/t14-,15+,19+,20+/m0/s1. The average molecular weight is 461 g/mol.